The summed E-state index contributed by atoms with van der Waals surface area (Å²) in [5, 5.41) is 14.6. The third-order valence-electron chi connectivity index (χ3n) is 4.87. The lowest BCUT2D eigenvalue weighted by Crippen LogP contribution is -2.30. The molecule has 0 radical (unpaired) electrons. The molecular weight excluding hydrogens is 472 g/mol. The number of nitrogen functional groups attached to an aromatic ring is 1. The van der Waals surface area contributed by atoms with E-state index < -0.39 is 10.9 Å². The Morgan fingerprint density at radius 3 is 2.46 bits per heavy atom. The highest BCUT2D eigenvalue weighted by atomic mass is 32.2. The molecule has 12 heteroatoms. The van der Waals surface area contributed by atoms with Gasteiger partial charge in [0.05, 0.1) is 30.7 Å². The Balaban J connectivity index is 1.66. The summed E-state index contributed by atoms with van der Waals surface area (Å²) >= 11 is 1.16. The van der Waals surface area contributed by atoms with Gasteiger partial charge in [-0.3, -0.25) is 14.9 Å². The van der Waals surface area contributed by atoms with Crippen molar-refractivity contribution in [1.29, 1.82) is 0 Å². The van der Waals surface area contributed by atoms with Gasteiger partial charge in [0, 0.05) is 18.5 Å². The van der Waals surface area contributed by atoms with Gasteiger partial charge in [-0.15, -0.1) is 0 Å². The standard InChI is InChI=1S/C23H24N6O5S/c1-28(17-10-8-16(9-11-17)22(31)34-2)13-18(30)12-25-20-19(29(32)33)21(27-23(24)26-20)35-14-15-6-4-3-5-7-15/h3-11H,12-14H2,1-2H3,(H3,24,25,26,27). The highest BCUT2D eigenvalue weighted by molar-refractivity contribution is 7.98. The van der Waals surface area contributed by atoms with E-state index in [1.165, 1.54) is 7.11 Å². The Labute approximate surface area is 205 Å². The number of hydrogen-bond donors (Lipinski definition) is 2. The number of benzene rings is 2. The van der Waals surface area contributed by atoms with Crippen molar-refractivity contribution in [3.8, 4) is 0 Å². The number of nitrogens with two attached hydrogens (primary N) is 1. The van der Waals surface area contributed by atoms with Crippen molar-refractivity contribution >= 4 is 46.7 Å². The average Bonchev–Trinajstić information content (AvgIpc) is 2.85. The van der Waals surface area contributed by atoms with Crippen molar-refractivity contribution in [1.82, 2.24) is 9.97 Å². The monoisotopic (exact) mass is 496 g/mol. The number of methoxy groups -OCH3 is 1. The van der Waals surface area contributed by atoms with E-state index in [-0.39, 0.29) is 41.4 Å². The lowest BCUT2D eigenvalue weighted by atomic mass is 10.2. The number of esters is 1. The summed E-state index contributed by atoms with van der Waals surface area (Å²) in [5.74, 6) is -0.489. The van der Waals surface area contributed by atoms with Crippen LogP contribution in [-0.4, -0.2) is 53.9 Å². The van der Waals surface area contributed by atoms with Gasteiger partial charge in [-0.1, -0.05) is 42.1 Å². The smallest absolute Gasteiger partial charge is 0.343 e. The zero-order chi connectivity index (χ0) is 25.4. The molecule has 182 valence electrons. The van der Waals surface area contributed by atoms with Gasteiger partial charge in [0.2, 0.25) is 11.8 Å². The van der Waals surface area contributed by atoms with Crippen LogP contribution in [0.25, 0.3) is 0 Å². The Kier molecular flexibility index (Phi) is 8.57. The first-order valence-corrected chi connectivity index (χ1v) is 11.4. The molecule has 0 saturated carbocycles. The van der Waals surface area contributed by atoms with Gasteiger partial charge in [0.1, 0.15) is 0 Å². The molecule has 0 amide bonds. The molecule has 3 N–H and O–H groups in total. The molecule has 0 aliphatic heterocycles. The van der Waals surface area contributed by atoms with E-state index >= 15 is 0 Å². The van der Waals surface area contributed by atoms with Crippen molar-refractivity contribution in [2.45, 2.75) is 10.8 Å². The van der Waals surface area contributed by atoms with Crippen LogP contribution in [0.15, 0.2) is 59.6 Å². The Morgan fingerprint density at radius 1 is 1.14 bits per heavy atom. The fraction of sp³-hybridized carbons (Fsp3) is 0.217. The second-order valence-corrected chi connectivity index (χ2v) is 8.37. The number of rotatable bonds is 11. The van der Waals surface area contributed by atoms with Gasteiger partial charge >= 0.3 is 11.7 Å². The first-order valence-electron chi connectivity index (χ1n) is 10.4. The fourth-order valence-electron chi connectivity index (χ4n) is 3.13. The third kappa shape index (κ3) is 6.90. The third-order valence-corrected chi connectivity index (χ3v) is 5.90. The normalized spacial score (nSPS) is 10.5. The van der Waals surface area contributed by atoms with Crippen LogP contribution in [0, 0.1) is 10.1 Å². The first-order chi connectivity index (χ1) is 16.8. The minimum absolute atomic E-state index is 0.0224. The molecular formula is C23H24N6O5S. The number of carbonyl (C=O) groups is 2. The number of ether oxygens (including phenoxy) is 1. The molecule has 0 aliphatic rings. The number of carbonyl (C=O) groups excluding carboxylic acids is 2. The Morgan fingerprint density at radius 2 is 1.83 bits per heavy atom. The molecule has 0 saturated heterocycles. The van der Waals surface area contributed by atoms with Crippen LogP contribution in [0.3, 0.4) is 0 Å². The van der Waals surface area contributed by atoms with E-state index in [1.807, 2.05) is 30.3 Å². The topological polar surface area (TPSA) is 154 Å². The average molecular weight is 497 g/mol. The summed E-state index contributed by atoms with van der Waals surface area (Å²) in [6, 6.07) is 16.0. The molecule has 11 nitrogen and oxygen atoms in total. The molecule has 0 spiro atoms. The number of ketones is 1. The van der Waals surface area contributed by atoms with Crippen molar-refractivity contribution in [3.05, 3.63) is 75.8 Å². The van der Waals surface area contributed by atoms with Crippen LogP contribution >= 0.6 is 11.8 Å². The minimum Gasteiger partial charge on any atom is -0.465 e. The predicted octanol–water partition coefficient (Wildman–Crippen LogP) is 3.16. The van der Waals surface area contributed by atoms with Crippen LogP contribution in [0.4, 0.5) is 23.1 Å². The molecule has 3 rings (SSSR count). The van der Waals surface area contributed by atoms with Gasteiger partial charge in [-0.2, -0.15) is 9.97 Å². The SMILES string of the molecule is COC(=O)c1ccc(N(C)CC(=O)CNc2nc(N)nc(SCc3ccccc3)c2[N+](=O)[O-])cc1. The molecule has 0 aliphatic carbocycles. The van der Waals surface area contributed by atoms with E-state index in [1.54, 1.807) is 36.2 Å². The highest BCUT2D eigenvalue weighted by Gasteiger charge is 2.25. The summed E-state index contributed by atoms with van der Waals surface area (Å²) in [7, 11) is 3.02. The van der Waals surface area contributed by atoms with Gasteiger partial charge in [0.25, 0.3) is 0 Å². The largest absolute Gasteiger partial charge is 0.465 e. The summed E-state index contributed by atoms with van der Waals surface area (Å²) in [6.07, 6.45) is 0. The summed E-state index contributed by atoms with van der Waals surface area (Å²) < 4.78 is 4.67. The van der Waals surface area contributed by atoms with Crippen molar-refractivity contribution in [2.75, 3.05) is 43.2 Å². The van der Waals surface area contributed by atoms with E-state index in [4.69, 9.17) is 5.73 Å². The van der Waals surface area contributed by atoms with Gasteiger partial charge < -0.3 is 20.7 Å². The van der Waals surface area contributed by atoms with Crippen LogP contribution in [-0.2, 0) is 15.3 Å². The summed E-state index contributed by atoms with van der Waals surface area (Å²) in [6.45, 7) is -0.181. The second kappa shape index (κ2) is 11.8. The van der Waals surface area contributed by atoms with Crippen molar-refractivity contribution in [3.63, 3.8) is 0 Å². The molecule has 35 heavy (non-hydrogen) atoms. The zero-order valence-electron chi connectivity index (χ0n) is 19.1. The van der Waals surface area contributed by atoms with Crippen LogP contribution in [0.2, 0.25) is 0 Å². The molecule has 0 atom stereocenters. The molecule has 3 aromatic rings. The van der Waals surface area contributed by atoms with Crippen LogP contribution in [0.1, 0.15) is 15.9 Å². The van der Waals surface area contributed by atoms with Gasteiger partial charge in [-0.25, -0.2) is 4.79 Å². The molecule has 2 aromatic carbocycles. The van der Waals surface area contributed by atoms with Gasteiger partial charge in [-0.05, 0) is 29.8 Å². The van der Waals surface area contributed by atoms with Crippen LogP contribution < -0.4 is 16.0 Å². The quantitative estimate of drug-likeness (QED) is 0.132. The Hall–Kier alpha value is -4.19. The van der Waals surface area contributed by atoms with Crippen LogP contribution in [0.5, 0.6) is 0 Å². The number of nitro groups is 1. The van der Waals surface area contributed by atoms with E-state index in [0.717, 1.165) is 17.3 Å². The highest BCUT2D eigenvalue weighted by Crippen LogP contribution is 2.35. The number of aromatic nitrogens is 2. The number of nitrogens with zero attached hydrogens (tertiary/aromatic N) is 4. The molecule has 0 bridgehead atoms. The molecule has 1 heterocycles. The molecule has 1 aromatic heterocycles. The van der Waals surface area contributed by atoms with Crippen molar-refractivity contribution in [2.24, 2.45) is 0 Å². The minimum atomic E-state index is -0.589. The number of thioether (sulfide) groups is 1. The van der Waals surface area contributed by atoms with E-state index in [2.05, 4.69) is 20.0 Å². The number of Topliss-reactive ketones (excluding diaryl/α,β-unsaturated/α-hetero) is 1. The molecule has 0 fully saturated rings. The predicted molar refractivity (Wildman–Crippen MR) is 134 cm³/mol. The number of hydrogen-bond acceptors (Lipinski definition) is 11. The zero-order valence-corrected chi connectivity index (χ0v) is 19.9. The second-order valence-electron chi connectivity index (χ2n) is 7.40. The van der Waals surface area contributed by atoms with E-state index in [9.17, 15) is 19.7 Å². The number of anilines is 3. The lowest BCUT2D eigenvalue weighted by Gasteiger charge is -2.19. The number of nitrogens with one attached hydrogen (secondary N) is 1. The number of likely N-dealkylation sites (N-methyl/N-ethyl adjacent to an activating group) is 1. The molecule has 0 unspecified atom stereocenters. The Bertz CT molecular complexity index is 1210. The first kappa shape index (κ1) is 25.4. The maximum atomic E-state index is 12.6. The summed E-state index contributed by atoms with van der Waals surface area (Å²) in [5.41, 5.74) is 7.52. The van der Waals surface area contributed by atoms with E-state index in [0.29, 0.717) is 17.0 Å². The lowest BCUT2D eigenvalue weighted by molar-refractivity contribution is -0.387. The maximum Gasteiger partial charge on any atom is 0.343 e. The maximum absolute atomic E-state index is 12.6. The summed E-state index contributed by atoms with van der Waals surface area (Å²) in [4.78, 5) is 45.0. The fourth-order valence-corrected chi connectivity index (χ4v) is 4.09. The van der Waals surface area contributed by atoms with Crippen molar-refractivity contribution < 1.29 is 19.2 Å². The van der Waals surface area contributed by atoms with Gasteiger partial charge in [0.15, 0.2) is 10.8 Å².